The molecule has 0 aliphatic carbocycles. The van der Waals surface area contributed by atoms with Gasteiger partial charge in [-0.25, -0.2) is 10.0 Å². The Kier molecular flexibility index (Phi) is 10.6. The standard InChI is InChI=1S/C32H38N4O6/c1-5-31(41,6-2)29(39)33-35(23-17-11-9-12-18-23)27(37)25-21-15-16-22-26(25)28(38)36(24-19-13-10-14-20-24)34-30(40)32(42,7-3)8-4/h9-22,41-42H,5-8H2,1-4H3,(H,33,39)(H,34,40). The van der Waals surface area contributed by atoms with Crippen molar-refractivity contribution in [2.75, 3.05) is 10.0 Å². The fourth-order valence-corrected chi connectivity index (χ4v) is 4.27. The van der Waals surface area contributed by atoms with Crippen molar-refractivity contribution in [3.63, 3.8) is 0 Å². The van der Waals surface area contributed by atoms with Crippen LogP contribution in [0.15, 0.2) is 84.9 Å². The zero-order valence-corrected chi connectivity index (χ0v) is 24.3. The van der Waals surface area contributed by atoms with Gasteiger partial charge in [0.15, 0.2) is 0 Å². The maximum absolute atomic E-state index is 14.1. The van der Waals surface area contributed by atoms with Crippen molar-refractivity contribution in [3.8, 4) is 0 Å². The highest BCUT2D eigenvalue weighted by Crippen LogP contribution is 2.24. The van der Waals surface area contributed by atoms with Gasteiger partial charge in [0.1, 0.15) is 11.2 Å². The van der Waals surface area contributed by atoms with Gasteiger partial charge in [0, 0.05) is 0 Å². The van der Waals surface area contributed by atoms with Crippen molar-refractivity contribution in [1.82, 2.24) is 10.9 Å². The minimum Gasteiger partial charge on any atom is -0.380 e. The van der Waals surface area contributed by atoms with E-state index in [4.69, 9.17) is 0 Å². The van der Waals surface area contributed by atoms with Crippen molar-refractivity contribution in [2.24, 2.45) is 0 Å². The first-order valence-corrected chi connectivity index (χ1v) is 14.0. The molecule has 4 amide bonds. The molecule has 0 spiro atoms. The van der Waals surface area contributed by atoms with E-state index < -0.39 is 34.8 Å². The maximum atomic E-state index is 14.1. The minimum atomic E-state index is -1.72. The Labute approximate surface area is 245 Å². The van der Waals surface area contributed by atoms with Crippen LogP contribution < -0.4 is 20.9 Å². The molecule has 10 heteroatoms. The molecule has 0 aliphatic heterocycles. The molecule has 0 radical (unpaired) electrons. The van der Waals surface area contributed by atoms with E-state index in [0.29, 0.717) is 11.4 Å². The molecule has 0 unspecified atom stereocenters. The fourth-order valence-electron chi connectivity index (χ4n) is 4.27. The molecule has 10 nitrogen and oxygen atoms in total. The lowest BCUT2D eigenvalue weighted by atomic mass is 9.97. The van der Waals surface area contributed by atoms with Gasteiger partial charge in [-0.15, -0.1) is 0 Å². The first-order chi connectivity index (χ1) is 20.0. The smallest absolute Gasteiger partial charge is 0.277 e. The van der Waals surface area contributed by atoms with Crippen LogP contribution >= 0.6 is 0 Å². The van der Waals surface area contributed by atoms with Gasteiger partial charge in [0.05, 0.1) is 22.5 Å². The van der Waals surface area contributed by atoms with Crippen LogP contribution in [0.4, 0.5) is 11.4 Å². The monoisotopic (exact) mass is 574 g/mol. The van der Waals surface area contributed by atoms with Gasteiger partial charge in [-0.3, -0.25) is 30.0 Å². The SMILES string of the molecule is CCC(O)(CC)C(=O)NN(C(=O)c1ccccc1C(=O)N(NC(=O)C(O)(CC)CC)c1ccccc1)c1ccccc1. The zero-order chi connectivity index (χ0) is 30.9. The van der Waals surface area contributed by atoms with E-state index in [2.05, 4.69) is 10.9 Å². The number of carbonyl (C=O) groups is 4. The third-order valence-electron chi connectivity index (χ3n) is 7.43. The molecule has 0 heterocycles. The fraction of sp³-hybridized carbons (Fsp3) is 0.312. The molecule has 0 saturated heterocycles. The van der Waals surface area contributed by atoms with Gasteiger partial charge in [-0.1, -0.05) is 76.2 Å². The summed E-state index contributed by atoms with van der Waals surface area (Å²) in [5, 5.41) is 23.6. The number of nitrogens with zero attached hydrogens (tertiary/aromatic N) is 2. The Hall–Kier alpha value is -4.54. The third-order valence-corrected chi connectivity index (χ3v) is 7.43. The van der Waals surface area contributed by atoms with Crippen molar-refractivity contribution >= 4 is 35.0 Å². The van der Waals surface area contributed by atoms with Crippen LogP contribution in [-0.2, 0) is 9.59 Å². The number of amides is 4. The second kappa shape index (κ2) is 13.9. The van der Waals surface area contributed by atoms with E-state index in [1.807, 2.05) is 0 Å². The topological polar surface area (TPSA) is 139 Å². The van der Waals surface area contributed by atoms with Crippen LogP contribution in [-0.4, -0.2) is 45.0 Å². The highest BCUT2D eigenvalue weighted by atomic mass is 16.3. The predicted octanol–water partition coefficient (Wildman–Crippen LogP) is 4.14. The van der Waals surface area contributed by atoms with Gasteiger partial charge in [-0.05, 0) is 62.1 Å². The van der Waals surface area contributed by atoms with Crippen LogP contribution in [0.2, 0.25) is 0 Å². The quantitative estimate of drug-likeness (QED) is 0.269. The van der Waals surface area contributed by atoms with Crippen molar-refractivity contribution in [1.29, 1.82) is 0 Å². The number of nitrogens with one attached hydrogen (secondary N) is 2. The van der Waals surface area contributed by atoms with E-state index in [1.165, 1.54) is 12.1 Å². The average molecular weight is 575 g/mol. The Morgan fingerprint density at radius 3 is 1.12 bits per heavy atom. The number of hydrogen-bond donors (Lipinski definition) is 4. The van der Waals surface area contributed by atoms with Crippen LogP contribution in [0.3, 0.4) is 0 Å². The number of benzene rings is 3. The molecule has 0 aromatic heterocycles. The second-order valence-electron chi connectivity index (χ2n) is 9.86. The third kappa shape index (κ3) is 6.84. The van der Waals surface area contributed by atoms with Crippen molar-refractivity contribution in [3.05, 3.63) is 96.1 Å². The average Bonchev–Trinajstić information content (AvgIpc) is 3.05. The summed E-state index contributed by atoms with van der Waals surface area (Å²) in [4.78, 5) is 54.4. The maximum Gasteiger partial charge on any atom is 0.277 e. The summed E-state index contributed by atoms with van der Waals surface area (Å²) >= 11 is 0. The molecule has 42 heavy (non-hydrogen) atoms. The molecule has 3 aromatic rings. The van der Waals surface area contributed by atoms with Crippen LogP contribution in [0, 0.1) is 0 Å². The Morgan fingerprint density at radius 2 is 0.833 bits per heavy atom. The summed E-state index contributed by atoms with van der Waals surface area (Å²) in [5.74, 6) is -3.03. The number of hydrazine groups is 2. The Morgan fingerprint density at radius 1 is 0.548 bits per heavy atom. The predicted molar refractivity (Wildman–Crippen MR) is 160 cm³/mol. The van der Waals surface area contributed by atoms with Gasteiger partial charge in [0.2, 0.25) is 0 Å². The van der Waals surface area contributed by atoms with Crippen LogP contribution in [0.1, 0.15) is 74.1 Å². The molecular formula is C32H38N4O6. The first-order valence-electron chi connectivity index (χ1n) is 14.0. The number of rotatable bonds is 10. The van der Waals surface area contributed by atoms with Gasteiger partial charge in [-0.2, -0.15) is 0 Å². The lowest BCUT2D eigenvalue weighted by Gasteiger charge is -2.31. The summed E-state index contributed by atoms with van der Waals surface area (Å²) < 4.78 is 0. The van der Waals surface area contributed by atoms with E-state index in [9.17, 15) is 29.4 Å². The molecule has 3 aromatic carbocycles. The second-order valence-corrected chi connectivity index (χ2v) is 9.86. The first kappa shape index (κ1) is 32.0. The van der Waals surface area contributed by atoms with E-state index in [1.54, 1.807) is 100 Å². The minimum absolute atomic E-state index is 0.0698. The highest BCUT2D eigenvalue weighted by molar-refractivity contribution is 6.17. The summed E-state index contributed by atoms with van der Waals surface area (Å²) in [6, 6.07) is 22.6. The number of hydrogen-bond acceptors (Lipinski definition) is 6. The molecule has 4 N–H and O–H groups in total. The van der Waals surface area contributed by atoms with E-state index >= 15 is 0 Å². The summed E-state index contributed by atoms with van der Waals surface area (Å²) in [6.07, 6.45) is 0.479. The van der Waals surface area contributed by atoms with Crippen molar-refractivity contribution < 1.29 is 29.4 Å². The van der Waals surface area contributed by atoms with E-state index in [-0.39, 0.29) is 36.8 Å². The highest BCUT2D eigenvalue weighted by Gasteiger charge is 2.37. The lowest BCUT2D eigenvalue weighted by Crippen LogP contribution is -2.56. The molecule has 0 atom stereocenters. The molecule has 0 fully saturated rings. The summed E-state index contributed by atoms with van der Waals surface area (Å²) in [5.41, 5.74) is 2.10. The van der Waals surface area contributed by atoms with Crippen LogP contribution in [0.5, 0.6) is 0 Å². The molecule has 0 aliphatic rings. The normalized spacial score (nSPS) is 11.4. The molecular weight excluding hydrogens is 536 g/mol. The number of aliphatic hydroxyl groups is 2. The van der Waals surface area contributed by atoms with Gasteiger partial charge >= 0.3 is 0 Å². The summed E-state index contributed by atoms with van der Waals surface area (Å²) in [6.45, 7) is 6.65. The Bertz CT molecular complexity index is 1280. The number of carbonyl (C=O) groups excluding carboxylic acids is 4. The lowest BCUT2D eigenvalue weighted by molar-refractivity contribution is -0.141. The summed E-state index contributed by atoms with van der Waals surface area (Å²) in [7, 11) is 0. The number of para-hydroxylation sites is 2. The molecule has 222 valence electrons. The Balaban J connectivity index is 2.08. The van der Waals surface area contributed by atoms with Gasteiger partial charge < -0.3 is 10.2 Å². The molecule has 3 rings (SSSR count). The van der Waals surface area contributed by atoms with Crippen LogP contribution in [0.25, 0.3) is 0 Å². The largest absolute Gasteiger partial charge is 0.380 e. The molecule has 0 saturated carbocycles. The van der Waals surface area contributed by atoms with Gasteiger partial charge in [0.25, 0.3) is 23.6 Å². The molecule has 0 bridgehead atoms. The number of anilines is 2. The van der Waals surface area contributed by atoms with Crippen molar-refractivity contribution in [2.45, 2.75) is 64.6 Å². The van der Waals surface area contributed by atoms with E-state index in [0.717, 1.165) is 10.0 Å². The zero-order valence-electron chi connectivity index (χ0n) is 24.3.